The standard InChI is InChI=1S/C20H25NO4/c1-15(22)21-11-5-7-16-9-10-19(20(13-16)24-3)25-14-17-6-4-8-18(12-17)23-2/h4,6,8-10,12-13H,5,7,11,14H2,1-3H3,(H,21,22). The summed E-state index contributed by atoms with van der Waals surface area (Å²) in [5.41, 5.74) is 2.18. The third-order valence-corrected chi connectivity index (χ3v) is 3.77. The fourth-order valence-corrected chi connectivity index (χ4v) is 2.47. The summed E-state index contributed by atoms with van der Waals surface area (Å²) in [7, 11) is 3.28. The molecule has 0 saturated carbocycles. The topological polar surface area (TPSA) is 56.8 Å². The zero-order valence-electron chi connectivity index (χ0n) is 15.0. The van der Waals surface area contributed by atoms with E-state index in [1.54, 1.807) is 14.2 Å². The fourth-order valence-electron chi connectivity index (χ4n) is 2.47. The van der Waals surface area contributed by atoms with Gasteiger partial charge in [-0.05, 0) is 48.2 Å². The van der Waals surface area contributed by atoms with Crippen LogP contribution in [0.5, 0.6) is 17.2 Å². The van der Waals surface area contributed by atoms with E-state index in [2.05, 4.69) is 5.32 Å². The second-order valence-electron chi connectivity index (χ2n) is 5.71. The van der Waals surface area contributed by atoms with Crippen molar-refractivity contribution in [2.24, 2.45) is 0 Å². The second-order valence-corrected chi connectivity index (χ2v) is 5.71. The van der Waals surface area contributed by atoms with Gasteiger partial charge in [0.25, 0.3) is 0 Å². The van der Waals surface area contributed by atoms with Crippen molar-refractivity contribution in [1.82, 2.24) is 5.32 Å². The van der Waals surface area contributed by atoms with Crippen LogP contribution >= 0.6 is 0 Å². The van der Waals surface area contributed by atoms with Crippen molar-refractivity contribution in [3.05, 3.63) is 53.6 Å². The Morgan fingerprint density at radius 3 is 2.56 bits per heavy atom. The van der Waals surface area contributed by atoms with Crippen LogP contribution in [0.25, 0.3) is 0 Å². The van der Waals surface area contributed by atoms with Crippen LogP contribution in [0.1, 0.15) is 24.5 Å². The van der Waals surface area contributed by atoms with Gasteiger partial charge in [0.1, 0.15) is 12.4 Å². The van der Waals surface area contributed by atoms with E-state index < -0.39 is 0 Å². The molecule has 1 N–H and O–H groups in total. The van der Waals surface area contributed by atoms with Gasteiger partial charge in [-0.15, -0.1) is 0 Å². The number of carbonyl (C=O) groups is 1. The Bertz CT molecular complexity index is 700. The molecule has 0 aliphatic rings. The minimum absolute atomic E-state index is 0.00105. The van der Waals surface area contributed by atoms with E-state index in [9.17, 15) is 4.79 Å². The highest BCUT2D eigenvalue weighted by atomic mass is 16.5. The highest BCUT2D eigenvalue weighted by Gasteiger charge is 2.07. The van der Waals surface area contributed by atoms with E-state index in [1.807, 2.05) is 42.5 Å². The van der Waals surface area contributed by atoms with Crippen LogP contribution < -0.4 is 19.5 Å². The second kappa shape index (κ2) is 9.57. The van der Waals surface area contributed by atoms with Crippen LogP contribution in [0.3, 0.4) is 0 Å². The maximum absolute atomic E-state index is 10.9. The van der Waals surface area contributed by atoms with Crippen LogP contribution in [-0.4, -0.2) is 26.7 Å². The van der Waals surface area contributed by atoms with E-state index in [-0.39, 0.29) is 5.91 Å². The lowest BCUT2D eigenvalue weighted by atomic mass is 10.1. The number of carbonyl (C=O) groups excluding carboxylic acids is 1. The molecule has 0 saturated heterocycles. The number of ether oxygens (including phenoxy) is 3. The summed E-state index contributed by atoms with van der Waals surface area (Å²) in [6.07, 6.45) is 1.75. The minimum Gasteiger partial charge on any atom is -0.497 e. The van der Waals surface area contributed by atoms with E-state index in [0.717, 1.165) is 29.7 Å². The Morgan fingerprint density at radius 1 is 1.00 bits per heavy atom. The van der Waals surface area contributed by atoms with Crippen molar-refractivity contribution < 1.29 is 19.0 Å². The van der Waals surface area contributed by atoms with Crippen molar-refractivity contribution in [2.75, 3.05) is 20.8 Å². The summed E-state index contributed by atoms with van der Waals surface area (Å²) < 4.78 is 16.6. The quantitative estimate of drug-likeness (QED) is 0.710. The van der Waals surface area contributed by atoms with Gasteiger partial charge >= 0.3 is 0 Å². The molecule has 2 aromatic rings. The molecule has 0 radical (unpaired) electrons. The first-order chi connectivity index (χ1) is 12.1. The first kappa shape index (κ1) is 18.6. The van der Waals surface area contributed by atoms with Crippen molar-refractivity contribution in [1.29, 1.82) is 0 Å². The van der Waals surface area contributed by atoms with Gasteiger partial charge in [-0.3, -0.25) is 4.79 Å². The molecule has 1 amide bonds. The zero-order chi connectivity index (χ0) is 18.1. The highest BCUT2D eigenvalue weighted by Crippen LogP contribution is 2.29. The molecular formula is C20H25NO4. The first-order valence-electron chi connectivity index (χ1n) is 8.29. The monoisotopic (exact) mass is 343 g/mol. The van der Waals surface area contributed by atoms with E-state index >= 15 is 0 Å². The maximum atomic E-state index is 10.9. The lowest BCUT2D eigenvalue weighted by molar-refractivity contribution is -0.118. The van der Waals surface area contributed by atoms with Crippen LogP contribution in [0, 0.1) is 0 Å². The van der Waals surface area contributed by atoms with Crippen molar-refractivity contribution in [2.45, 2.75) is 26.4 Å². The SMILES string of the molecule is COc1cccc(COc2ccc(CCCNC(C)=O)cc2OC)c1. The van der Waals surface area contributed by atoms with E-state index in [1.165, 1.54) is 6.92 Å². The molecule has 5 nitrogen and oxygen atoms in total. The number of rotatable bonds is 9. The molecule has 0 bridgehead atoms. The number of methoxy groups -OCH3 is 2. The summed E-state index contributed by atoms with van der Waals surface area (Å²) in [5.74, 6) is 2.22. The number of hydrogen-bond acceptors (Lipinski definition) is 4. The number of amides is 1. The molecule has 0 spiro atoms. The molecule has 0 atom stereocenters. The third kappa shape index (κ3) is 6.03. The molecule has 134 valence electrons. The molecule has 25 heavy (non-hydrogen) atoms. The van der Waals surface area contributed by atoms with Crippen molar-refractivity contribution in [3.63, 3.8) is 0 Å². The van der Waals surface area contributed by atoms with Gasteiger partial charge in [0.15, 0.2) is 11.5 Å². The van der Waals surface area contributed by atoms with Gasteiger partial charge in [0.05, 0.1) is 14.2 Å². The summed E-state index contributed by atoms with van der Waals surface area (Å²) in [5, 5.41) is 2.80. The zero-order valence-corrected chi connectivity index (χ0v) is 15.0. The van der Waals surface area contributed by atoms with Crippen LogP contribution in [0.2, 0.25) is 0 Å². The average molecular weight is 343 g/mol. The Hall–Kier alpha value is -2.69. The summed E-state index contributed by atoms with van der Waals surface area (Å²) in [4.78, 5) is 10.9. The molecule has 2 aromatic carbocycles. The largest absolute Gasteiger partial charge is 0.497 e. The molecule has 0 fully saturated rings. The third-order valence-electron chi connectivity index (χ3n) is 3.77. The molecular weight excluding hydrogens is 318 g/mol. The molecule has 0 heterocycles. The first-order valence-corrected chi connectivity index (χ1v) is 8.29. The Labute approximate surface area is 148 Å². The number of hydrogen-bond donors (Lipinski definition) is 1. The smallest absolute Gasteiger partial charge is 0.216 e. The van der Waals surface area contributed by atoms with Crippen LogP contribution in [-0.2, 0) is 17.8 Å². The van der Waals surface area contributed by atoms with E-state index in [0.29, 0.717) is 24.7 Å². The molecule has 0 aliphatic carbocycles. The summed E-state index contributed by atoms with van der Waals surface area (Å²) >= 11 is 0. The van der Waals surface area contributed by atoms with Gasteiger partial charge in [-0.2, -0.15) is 0 Å². The van der Waals surface area contributed by atoms with Crippen LogP contribution in [0.4, 0.5) is 0 Å². The Kier molecular flexibility index (Phi) is 7.14. The normalized spacial score (nSPS) is 10.2. The lowest BCUT2D eigenvalue weighted by Gasteiger charge is -2.13. The van der Waals surface area contributed by atoms with Crippen molar-refractivity contribution in [3.8, 4) is 17.2 Å². The van der Waals surface area contributed by atoms with Gasteiger partial charge in [-0.1, -0.05) is 18.2 Å². The van der Waals surface area contributed by atoms with Crippen molar-refractivity contribution >= 4 is 5.91 Å². The molecule has 0 aromatic heterocycles. The molecule has 0 unspecified atom stereocenters. The predicted octanol–water partition coefficient (Wildman–Crippen LogP) is 3.35. The molecule has 5 heteroatoms. The Balaban J connectivity index is 1.95. The van der Waals surface area contributed by atoms with Gasteiger partial charge in [0.2, 0.25) is 5.91 Å². The number of benzene rings is 2. The Morgan fingerprint density at radius 2 is 1.84 bits per heavy atom. The van der Waals surface area contributed by atoms with Gasteiger partial charge in [0, 0.05) is 13.5 Å². The molecule has 0 aliphatic heterocycles. The van der Waals surface area contributed by atoms with Gasteiger partial charge < -0.3 is 19.5 Å². The van der Waals surface area contributed by atoms with Gasteiger partial charge in [-0.25, -0.2) is 0 Å². The van der Waals surface area contributed by atoms with Crippen LogP contribution in [0.15, 0.2) is 42.5 Å². The molecule has 2 rings (SSSR count). The lowest BCUT2D eigenvalue weighted by Crippen LogP contribution is -2.21. The van der Waals surface area contributed by atoms with E-state index in [4.69, 9.17) is 14.2 Å². The summed E-state index contributed by atoms with van der Waals surface area (Å²) in [6, 6.07) is 13.7. The summed E-state index contributed by atoms with van der Waals surface area (Å²) in [6.45, 7) is 2.64. The maximum Gasteiger partial charge on any atom is 0.216 e. The fraction of sp³-hybridized carbons (Fsp3) is 0.350. The number of aryl methyl sites for hydroxylation is 1. The average Bonchev–Trinajstić information content (AvgIpc) is 2.63. The minimum atomic E-state index is -0.00105. The highest BCUT2D eigenvalue weighted by molar-refractivity contribution is 5.72. The predicted molar refractivity (Wildman–Crippen MR) is 97.3 cm³/mol. The number of nitrogens with one attached hydrogen (secondary N) is 1.